The summed E-state index contributed by atoms with van der Waals surface area (Å²) in [5.41, 5.74) is 1.14. The molecule has 0 aromatic heterocycles. The van der Waals surface area contributed by atoms with E-state index in [-0.39, 0.29) is 0 Å². The maximum atomic E-state index is 5.61. The molecule has 1 aromatic carbocycles. The Morgan fingerprint density at radius 3 is 2.46 bits per heavy atom. The Hall–Kier alpha value is -1.42. The Balaban J connectivity index is 1.47. The Labute approximate surface area is 144 Å². The molecule has 0 radical (unpaired) electrons. The summed E-state index contributed by atoms with van der Waals surface area (Å²) >= 11 is 0. The van der Waals surface area contributed by atoms with Gasteiger partial charge in [-0.05, 0) is 55.4 Å². The third-order valence-electron chi connectivity index (χ3n) is 6.77. The highest BCUT2D eigenvalue weighted by Gasteiger charge is 2.53. The molecule has 3 aliphatic rings. The van der Waals surface area contributed by atoms with E-state index >= 15 is 0 Å². The van der Waals surface area contributed by atoms with E-state index in [1.165, 1.54) is 32.1 Å². The lowest BCUT2D eigenvalue weighted by Gasteiger charge is -2.32. The molecule has 0 aliphatic heterocycles. The van der Waals surface area contributed by atoms with Crippen molar-refractivity contribution in [1.82, 2.24) is 5.32 Å². The lowest BCUT2D eigenvalue weighted by molar-refractivity contribution is 0.207. The van der Waals surface area contributed by atoms with Crippen molar-refractivity contribution in [2.24, 2.45) is 23.7 Å². The van der Waals surface area contributed by atoms with Gasteiger partial charge in [0.2, 0.25) is 5.75 Å². The van der Waals surface area contributed by atoms with Crippen LogP contribution in [0.2, 0.25) is 0 Å². The van der Waals surface area contributed by atoms with Crippen LogP contribution >= 0.6 is 0 Å². The van der Waals surface area contributed by atoms with Crippen molar-refractivity contribution in [3.63, 3.8) is 0 Å². The highest BCUT2D eigenvalue weighted by molar-refractivity contribution is 5.55. The van der Waals surface area contributed by atoms with Crippen molar-refractivity contribution in [3.8, 4) is 17.2 Å². The molecule has 4 nitrogen and oxygen atoms in total. The monoisotopic (exact) mass is 331 g/mol. The maximum absolute atomic E-state index is 5.61. The number of nitrogens with one attached hydrogen (secondary N) is 1. The Morgan fingerprint density at radius 2 is 1.71 bits per heavy atom. The van der Waals surface area contributed by atoms with E-state index in [2.05, 4.69) is 11.4 Å². The van der Waals surface area contributed by atoms with Gasteiger partial charge in [-0.2, -0.15) is 0 Å². The number of fused-ring (bicyclic) bond motifs is 5. The van der Waals surface area contributed by atoms with Crippen LogP contribution in [0.1, 0.15) is 37.7 Å². The van der Waals surface area contributed by atoms with Gasteiger partial charge in [0, 0.05) is 18.2 Å². The van der Waals surface area contributed by atoms with Crippen molar-refractivity contribution in [2.75, 3.05) is 21.3 Å². The summed E-state index contributed by atoms with van der Waals surface area (Å²) in [6.07, 6.45) is 7.22. The topological polar surface area (TPSA) is 39.7 Å². The first-order valence-electron chi connectivity index (χ1n) is 9.28. The zero-order valence-corrected chi connectivity index (χ0v) is 15.0. The van der Waals surface area contributed by atoms with Crippen LogP contribution in [0.3, 0.4) is 0 Å². The maximum Gasteiger partial charge on any atom is 0.203 e. The second kappa shape index (κ2) is 6.47. The van der Waals surface area contributed by atoms with Crippen LogP contribution in [-0.4, -0.2) is 27.4 Å². The highest BCUT2D eigenvalue weighted by Crippen LogP contribution is 2.58. The largest absolute Gasteiger partial charge is 0.493 e. The standard InChI is InChI=1S/C20H29NO3/c1-22-18-8-7-12(19(23-2)20(18)24-3)11-21-17-10-13-9-16(17)15-6-4-5-14(13)15/h7-8,13-17,21H,4-6,9-11H2,1-3H3. The third kappa shape index (κ3) is 2.46. The minimum Gasteiger partial charge on any atom is -0.493 e. The number of methoxy groups -OCH3 is 3. The number of hydrogen-bond donors (Lipinski definition) is 1. The number of hydrogen-bond acceptors (Lipinski definition) is 4. The molecule has 0 saturated heterocycles. The molecule has 5 unspecified atom stereocenters. The zero-order valence-electron chi connectivity index (χ0n) is 15.0. The molecule has 3 fully saturated rings. The van der Waals surface area contributed by atoms with Crippen LogP contribution in [-0.2, 0) is 6.54 Å². The summed E-state index contributed by atoms with van der Waals surface area (Å²) < 4.78 is 16.5. The fraction of sp³-hybridized carbons (Fsp3) is 0.700. The molecule has 0 spiro atoms. The van der Waals surface area contributed by atoms with E-state index in [9.17, 15) is 0 Å². The van der Waals surface area contributed by atoms with E-state index in [1.54, 1.807) is 21.3 Å². The number of rotatable bonds is 6. The van der Waals surface area contributed by atoms with Gasteiger partial charge in [0.1, 0.15) is 0 Å². The molecule has 3 saturated carbocycles. The summed E-state index contributed by atoms with van der Waals surface area (Å²) in [5, 5.41) is 3.83. The van der Waals surface area contributed by atoms with Gasteiger partial charge in [-0.15, -0.1) is 0 Å². The van der Waals surface area contributed by atoms with Crippen LogP contribution in [0.25, 0.3) is 0 Å². The van der Waals surface area contributed by atoms with Gasteiger partial charge in [-0.25, -0.2) is 0 Å². The van der Waals surface area contributed by atoms with Crippen LogP contribution < -0.4 is 19.5 Å². The van der Waals surface area contributed by atoms with Crippen LogP contribution in [0.4, 0.5) is 0 Å². The first-order valence-corrected chi connectivity index (χ1v) is 9.28. The first kappa shape index (κ1) is 16.1. The third-order valence-corrected chi connectivity index (χ3v) is 6.77. The average Bonchev–Trinajstić information content (AvgIpc) is 3.31. The minimum atomic E-state index is 0.673. The Kier molecular flexibility index (Phi) is 4.33. The summed E-state index contributed by atoms with van der Waals surface area (Å²) in [6.45, 7) is 0.828. The molecule has 0 amide bonds. The molecule has 4 heteroatoms. The molecule has 132 valence electrons. The lowest BCUT2D eigenvalue weighted by Crippen LogP contribution is -2.38. The molecule has 24 heavy (non-hydrogen) atoms. The van der Waals surface area contributed by atoms with Crippen LogP contribution in [0.15, 0.2) is 12.1 Å². The van der Waals surface area contributed by atoms with Crippen molar-refractivity contribution in [2.45, 2.75) is 44.7 Å². The van der Waals surface area contributed by atoms with Gasteiger partial charge >= 0.3 is 0 Å². The minimum absolute atomic E-state index is 0.673. The van der Waals surface area contributed by atoms with E-state index in [0.717, 1.165) is 41.5 Å². The number of benzene rings is 1. The Bertz CT molecular complexity index is 603. The molecule has 3 aliphatic carbocycles. The van der Waals surface area contributed by atoms with Crippen molar-refractivity contribution >= 4 is 0 Å². The predicted molar refractivity (Wildman–Crippen MR) is 93.8 cm³/mol. The molecule has 5 atom stereocenters. The summed E-state index contributed by atoms with van der Waals surface area (Å²) in [7, 11) is 5.01. The van der Waals surface area contributed by atoms with E-state index in [0.29, 0.717) is 17.5 Å². The summed E-state index contributed by atoms with van der Waals surface area (Å²) in [4.78, 5) is 0. The molecule has 1 N–H and O–H groups in total. The first-order chi connectivity index (χ1) is 11.8. The fourth-order valence-electron chi connectivity index (χ4n) is 5.85. The summed E-state index contributed by atoms with van der Waals surface area (Å²) in [6, 6.07) is 4.72. The predicted octanol–water partition coefficient (Wildman–Crippen LogP) is 3.63. The van der Waals surface area contributed by atoms with Crippen molar-refractivity contribution in [1.29, 1.82) is 0 Å². The van der Waals surface area contributed by atoms with Gasteiger partial charge in [-0.3, -0.25) is 0 Å². The van der Waals surface area contributed by atoms with Crippen molar-refractivity contribution < 1.29 is 14.2 Å². The van der Waals surface area contributed by atoms with Crippen LogP contribution in [0, 0.1) is 23.7 Å². The second-order valence-electron chi connectivity index (χ2n) is 7.63. The van der Waals surface area contributed by atoms with E-state index in [1.807, 2.05) is 6.07 Å². The number of ether oxygens (including phenoxy) is 3. The molecule has 2 bridgehead atoms. The van der Waals surface area contributed by atoms with Crippen LogP contribution in [0.5, 0.6) is 17.2 Å². The smallest absolute Gasteiger partial charge is 0.203 e. The lowest BCUT2D eigenvalue weighted by atomic mass is 9.79. The van der Waals surface area contributed by atoms with Gasteiger partial charge in [0.15, 0.2) is 11.5 Å². The molecule has 4 rings (SSSR count). The van der Waals surface area contributed by atoms with Gasteiger partial charge in [0.25, 0.3) is 0 Å². The van der Waals surface area contributed by atoms with Gasteiger partial charge in [0.05, 0.1) is 21.3 Å². The Morgan fingerprint density at radius 1 is 0.917 bits per heavy atom. The van der Waals surface area contributed by atoms with Crippen molar-refractivity contribution in [3.05, 3.63) is 17.7 Å². The molecular formula is C20H29NO3. The molecule has 0 heterocycles. The SMILES string of the molecule is COc1ccc(CNC2CC3CC2C2CCCC32)c(OC)c1OC. The quantitative estimate of drug-likeness (QED) is 0.864. The summed E-state index contributed by atoms with van der Waals surface area (Å²) in [5.74, 6) is 6.10. The van der Waals surface area contributed by atoms with Gasteiger partial charge in [-0.1, -0.05) is 12.5 Å². The van der Waals surface area contributed by atoms with E-state index in [4.69, 9.17) is 14.2 Å². The zero-order chi connectivity index (χ0) is 16.7. The second-order valence-corrected chi connectivity index (χ2v) is 7.63. The van der Waals surface area contributed by atoms with Gasteiger partial charge < -0.3 is 19.5 Å². The molecule has 1 aromatic rings. The average molecular weight is 331 g/mol. The normalized spacial score (nSPS) is 33.5. The fourth-order valence-corrected chi connectivity index (χ4v) is 5.85. The highest BCUT2D eigenvalue weighted by atomic mass is 16.5. The van der Waals surface area contributed by atoms with E-state index < -0.39 is 0 Å². The molecular weight excluding hydrogens is 302 g/mol.